The molecule has 0 aliphatic heterocycles. The summed E-state index contributed by atoms with van der Waals surface area (Å²) in [6.45, 7) is -0.163. The largest absolute Gasteiger partial charge is 0.392 e. The fourth-order valence-electron chi connectivity index (χ4n) is 1.22. The van der Waals surface area contributed by atoms with Crippen molar-refractivity contribution in [2.24, 2.45) is 0 Å². The summed E-state index contributed by atoms with van der Waals surface area (Å²) in [4.78, 5) is 11.6. The van der Waals surface area contributed by atoms with Crippen molar-refractivity contribution in [3.05, 3.63) is 34.3 Å². The molecule has 14 heavy (non-hydrogen) atoms. The first-order valence-electron chi connectivity index (χ1n) is 4.18. The highest BCUT2D eigenvalue weighted by Crippen LogP contribution is 2.22. The number of carbonyl (C=O) groups is 1. The number of ketones is 1. The van der Waals surface area contributed by atoms with Crippen LogP contribution in [0.3, 0.4) is 0 Å². The standard InChI is InChI=1S/C10H10BrClO2/c11-5-4-9(14)10-7(6-13)2-1-3-8(10)12/h1-3,13H,4-6H2. The van der Waals surface area contributed by atoms with Gasteiger partial charge in [0.15, 0.2) is 5.78 Å². The van der Waals surface area contributed by atoms with Crippen LogP contribution >= 0.6 is 27.5 Å². The summed E-state index contributed by atoms with van der Waals surface area (Å²) in [5.41, 5.74) is 1.03. The SMILES string of the molecule is O=C(CCBr)c1c(Cl)cccc1CO. The third kappa shape index (κ3) is 2.56. The lowest BCUT2D eigenvalue weighted by molar-refractivity contribution is 0.0987. The number of hydrogen-bond acceptors (Lipinski definition) is 2. The van der Waals surface area contributed by atoms with Crippen LogP contribution < -0.4 is 0 Å². The van der Waals surface area contributed by atoms with Crippen molar-refractivity contribution in [2.45, 2.75) is 13.0 Å². The van der Waals surface area contributed by atoms with Crippen LogP contribution in [0, 0.1) is 0 Å². The molecule has 1 N–H and O–H groups in total. The number of carbonyl (C=O) groups excluding carboxylic acids is 1. The number of halogens is 2. The number of aliphatic hydroxyl groups is 1. The first kappa shape index (κ1) is 11.7. The van der Waals surface area contributed by atoms with Gasteiger partial charge in [-0.2, -0.15) is 0 Å². The van der Waals surface area contributed by atoms with Crippen LogP contribution in [0.25, 0.3) is 0 Å². The number of benzene rings is 1. The zero-order valence-corrected chi connectivity index (χ0v) is 9.81. The molecule has 0 radical (unpaired) electrons. The monoisotopic (exact) mass is 276 g/mol. The Kier molecular flexibility index (Phi) is 4.58. The van der Waals surface area contributed by atoms with Crippen LogP contribution in [-0.4, -0.2) is 16.2 Å². The van der Waals surface area contributed by atoms with Crippen LogP contribution in [0.1, 0.15) is 22.3 Å². The van der Waals surface area contributed by atoms with E-state index in [0.717, 1.165) is 0 Å². The molecule has 1 rings (SSSR count). The predicted octanol–water partition coefficient (Wildman–Crippen LogP) is 2.80. The van der Waals surface area contributed by atoms with Gasteiger partial charge in [-0.05, 0) is 11.6 Å². The van der Waals surface area contributed by atoms with E-state index in [1.54, 1.807) is 18.2 Å². The number of rotatable bonds is 4. The Morgan fingerprint density at radius 2 is 2.21 bits per heavy atom. The highest BCUT2D eigenvalue weighted by Gasteiger charge is 2.13. The van der Waals surface area contributed by atoms with E-state index in [1.165, 1.54) is 0 Å². The van der Waals surface area contributed by atoms with Gasteiger partial charge in [0, 0.05) is 17.3 Å². The van der Waals surface area contributed by atoms with Gasteiger partial charge in [-0.1, -0.05) is 39.7 Å². The predicted molar refractivity (Wildman–Crippen MR) is 60.1 cm³/mol. The number of aliphatic hydroxyl groups excluding tert-OH is 1. The molecule has 0 unspecified atom stereocenters. The molecule has 4 heteroatoms. The lowest BCUT2D eigenvalue weighted by Gasteiger charge is -2.07. The van der Waals surface area contributed by atoms with Gasteiger partial charge in [-0.3, -0.25) is 4.79 Å². The van der Waals surface area contributed by atoms with Crippen molar-refractivity contribution in [1.82, 2.24) is 0 Å². The van der Waals surface area contributed by atoms with E-state index in [2.05, 4.69) is 15.9 Å². The van der Waals surface area contributed by atoms with Crippen molar-refractivity contribution in [3.8, 4) is 0 Å². The fourth-order valence-corrected chi connectivity index (χ4v) is 1.88. The van der Waals surface area contributed by atoms with Gasteiger partial charge in [0.1, 0.15) is 0 Å². The highest BCUT2D eigenvalue weighted by molar-refractivity contribution is 9.09. The Morgan fingerprint density at radius 3 is 2.79 bits per heavy atom. The first-order valence-corrected chi connectivity index (χ1v) is 5.68. The Morgan fingerprint density at radius 1 is 1.50 bits per heavy atom. The van der Waals surface area contributed by atoms with E-state index in [0.29, 0.717) is 27.9 Å². The number of hydrogen-bond donors (Lipinski definition) is 1. The van der Waals surface area contributed by atoms with Crippen LogP contribution in [0.15, 0.2) is 18.2 Å². The molecule has 0 amide bonds. The average Bonchev–Trinajstić information content (AvgIpc) is 2.17. The molecule has 0 atom stereocenters. The molecule has 0 saturated carbocycles. The summed E-state index contributed by atoms with van der Waals surface area (Å²) >= 11 is 9.08. The zero-order chi connectivity index (χ0) is 10.6. The minimum Gasteiger partial charge on any atom is -0.392 e. The zero-order valence-electron chi connectivity index (χ0n) is 7.46. The first-order chi connectivity index (χ1) is 6.70. The molecular weight excluding hydrogens is 267 g/mol. The Balaban J connectivity index is 3.10. The quantitative estimate of drug-likeness (QED) is 0.679. The van der Waals surface area contributed by atoms with Gasteiger partial charge >= 0.3 is 0 Å². The van der Waals surface area contributed by atoms with E-state index in [9.17, 15) is 4.79 Å². The summed E-state index contributed by atoms with van der Waals surface area (Å²) < 4.78 is 0. The van der Waals surface area contributed by atoms with Gasteiger partial charge in [0.25, 0.3) is 0 Å². The van der Waals surface area contributed by atoms with Crippen molar-refractivity contribution in [2.75, 3.05) is 5.33 Å². The fraction of sp³-hybridized carbons (Fsp3) is 0.300. The smallest absolute Gasteiger partial charge is 0.165 e. The normalized spacial score (nSPS) is 10.2. The lowest BCUT2D eigenvalue weighted by atomic mass is 10.0. The maximum Gasteiger partial charge on any atom is 0.165 e. The number of Topliss-reactive ketones (excluding diaryl/α,β-unsaturated/α-hetero) is 1. The third-order valence-electron chi connectivity index (χ3n) is 1.87. The summed E-state index contributed by atoms with van der Waals surface area (Å²) in [6.07, 6.45) is 0.386. The average molecular weight is 278 g/mol. The molecule has 0 heterocycles. The Labute approximate surface area is 96.0 Å². The topological polar surface area (TPSA) is 37.3 Å². The van der Waals surface area contributed by atoms with E-state index in [-0.39, 0.29) is 12.4 Å². The molecule has 0 bridgehead atoms. The van der Waals surface area contributed by atoms with Gasteiger partial charge in [0.05, 0.1) is 11.6 Å². The summed E-state index contributed by atoms with van der Waals surface area (Å²) in [5, 5.41) is 10.0. The van der Waals surface area contributed by atoms with Gasteiger partial charge in [-0.15, -0.1) is 0 Å². The van der Waals surface area contributed by atoms with E-state index in [1.807, 2.05) is 0 Å². The second-order valence-electron chi connectivity index (χ2n) is 2.79. The van der Waals surface area contributed by atoms with E-state index >= 15 is 0 Å². The molecule has 2 nitrogen and oxygen atoms in total. The van der Waals surface area contributed by atoms with Gasteiger partial charge in [-0.25, -0.2) is 0 Å². The Hall–Kier alpha value is -0.380. The van der Waals surface area contributed by atoms with E-state index in [4.69, 9.17) is 16.7 Å². The molecule has 1 aromatic rings. The molecule has 0 fully saturated rings. The van der Waals surface area contributed by atoms with Crippen LogP contribution in [-0.2, 0) is 6.61 Å². The van der Waals surface area contributed by atoms with Crippen molar-refractivity contribution >= 4 is 33.3 Å². The maximum absolute atomic E-state index is 11.6. The van der Waals surface area contributed by atoms with Gasteiger partial charge < -0.3 is 5.11 Å². The summed E-state index contributed by atoms with van der Waals surface area (Å²) in [7, 11) is 0. The van der Waals surface area contributed by atoms with Crippen LogP contribution in [0.4, 0.5) is 0 Å². The van der Waals surface area contributed by atoms with Crippen molar-refractivity contribution < 1.29 is 9.90 Å². The summed E-state index contributed by atoms with van der Waals surface area (Å²) in [5.74, 6) is -0.0449. The maximum atomic E-state index is 11.6. The van der Waals surface area contributed by atoms with Crippen LogP contribution in [0.2, 0.25) is 5.02 Å². The molecule has 0 aliphatic rings. The molecule has 1 aromatic carbocycles. The van der Waals surface area contributed by atoms with Crippen molar-refractivity contribution in [3.63, 3.8) is 0 Å². The second kappa shape index (κ2) is 5.49. The lowest BCUT2D eigenvalue weighted by Crippen LogP contribution is -2.05. The Bertz CT molecular complexity index is 339. The third-order valence-corrected chi connectivity index (χ3v) is 2.58. The van der Waals surface area contributed by atoms with E-state index < -0.39 is 0 Å². The molecular formula is C10H10BrClO2. The minimum atomic E-state index is -0.163. The molecule has 0 aromatic heterocycles. The number of alkyl halides is 1. The van der Waals surface area contributed by atoms with Crippen LogP contribution in [0.5, 0.6) is 0 Å². The second-order valence-corrected chi connectivity index (χ2v) is 3.99. The van der Waals surface area contributed by atoms with Gasteiger partial charge in [0.2, 0.25) is 0 Å². The minimum absolute atomic E-state index is 0.0449. The molecule has 0 spiro atoms. The molecule has 76 valence electrons. The highest BCUT2D eigenvalue weighted by atomic mass is 79.9. The van der Waals surface area contributed by atoms with Crippen molar-refractivity contribution in [1.29, 1.82) is 0 Å². The molecule has 0 saturated heterocycles. The summed E-state index contributed by atoms with van der Waals surface area (Å²) in [6, 6.07) is 5.08. The molecule has 0 aliphatic carbocycles.